The summed E-state index contributed by atoms with van der Waals surface area (Å²) >= 11 is 0. The van der Waals surface area contributed by atoms with Crippen LogP contribution in [0.15, 0.2) is 29.4 Å². The van der Waals surface area contributed by atoms with Crippen LogP contribution >= 0.6 is 0 Å². The van der Waals surface area contributed by atoms with E-state index in [-0.39, 0.29) is 42.0 Å². The number of nitrogens with one attached hydrogen (secondary N) is 1. The maximum absolute atomic E-state index is 13.4. The van der Waals surface area contributed by atoms with Crippen LogP contribution in [0.2, 0.25) is 0 Å². The first-order valence-corrected chi connectivity index (χ1v) is 10.5. The van der Waals surface area contributed by atoms with Gasteiger partial charge in [-0.15, -0.1) is 15.1 Å². The second-order valence-electron chi connectivity index (χ2n) is 6.05. The molecule has 4 amide bonds. The van der Waals surface area contributed by atoms with E-state index >= 15 is 0 Å². The van der Waals surface area contributed by atoms with E-state index in [9.17, 15) is 24.0 Å². The first-order valence-electron chi connectivity index (χ1n) is 10.5. The number of imide groups is 1. The number of Topliss-reactive ketones (excluding diaryl/α,β-unsaturated/α-hetero) is 1. The van der Waals surface area contributed by atoms with Crippen molar-refractivity contribution >= 4 is 36.0 Å². The fourth-order valence-corrected chi connectivity index (χ4v) is 2.38. The molecule has 1 aromatic carbocycles. The van der Waals surface area contributed by atoms with Gasteiger partial charge >= 0.3 is 24.4 Å². The largest absolute Gasteiger partial charge is 0.497 e. The highest BCUT2D eigenvalue weighted by molar-refractivity contribution is 6.47. The third-order valence-corrected chi connectivity index (χ3v) is 3.81. The molecule has 192 valence electrons. The van der Waals surface area contributed by atoms with Crippen LogP contribution in [0.1, 0.15) is 38.1 Å². The summed E-state index contributed by atoms with van der Waals surface area (Å²) in [5, 5.41) is 3.95. The number of amides is 4. The van der Waals surface area contributed by atoms with Gasteiger partial charge in [0, 0.05) is 5.56 Å². The number of nitrogens with zero attached hydrogens (tertiary/aromatic N) is 3. The molecule has 14 heteroatoms. The van der Waals surface area contributed by atoms with Crippen LogP contribution in [0, 0.1) is 0 Å². The predicted molar refractivity (Wildman–Crippen MR) is 120 cm³/mol. The van der Waals surface area contributed by atoms with Crippen molar-refractivity contribution in [3.63, 3.8) is 0 Å². The van der Waals surface area contributed by atoms with E-state index in [0.29, 0.717) is 5.75 Å². The lowest BCUT2D eigenvalue weighted by Gasteiger charge is -2.30. The van der Waals surface area contributed by atoms with E-state index in [1.807, 2.05) is 5.43 Å². The zero-order valence-electron chi connectivity index (χ0n) is 20.1. The van der Waals surface area contributed by atoms with Gasteiger partial charge in [-0.05, 0) is 52.0 Å². The number of hydrogen-bond acceptors (Lipinski definition) is 11. The molecule has 0 aromatic heterocycles. The number of ketones is 1. The van der Waals surface area contributed by atoms with Gasteiger partial charge in [-0.3, -0.25) is 4.79 Å². The average molecular weight is 496 g/mol. The molecule has 0 aliphatic carbocycles. The maximum Gasteiger partial charge on any atom is 0.439 e. The third kappa shape index (κ3) is 8.17. The number of hydrazine groups is 1. The Bertz CT molecular complexity index is 915. The van der Waals surface area contributed by atoms with Crippen LogP contribution in [0.25, 0.3) is 0 Å². The third-order valence-electron chi connectivity index (χ3n) is 3.81. The van der Waals surface area contributed by atoms with Crippen molar-refractivity contribution in [1.29, 1.82) is 0 Å². The standard InChI is InChI=1S/C21H28N4O10/c1-6-32-18(27)23-22-17(16(26)14-10-12-15(31-5)13-11-14)24(19(28)33-7-2)25(20(29)34-8-3)21(30)35-9-4/h10-13H,6-9H2,1-5H3,(H,23,27)/b22-17+. The van der Waals surface area contributed by atoms with Gasteiger partial charge in [-0.1, -0.05) is 0 Å². The average Bonchev–Trinajstić information content (AvgIpc) is 2.83. The smallest absolute Gasteiger partial charge is 0.439 e. The first-order chi connectivity index (χ1) is 16.7. The minimum Gasteiger partial charge on any atom is -0.497 e. The highest BCUT2D eigenvalue weighted by Crippen LogP contribution is 2.16. The van der Waals surface area contributed by atoms with Crippen molar-refractivity contribution in [3.8, 4) is 5.75 Å². The van der Waals surface area contributed by atoms with E-state index in [4.69, 9.17) is 23.7 Å². The van der Waals surface area contributed by atoms with Gasteiger partial charge in [0.05, 0.1) is 33.5 Å². The fraction of sp³-hybridized carbons (Fsp3) is 0.429. The minimum absolute atomic E-state index is 0.0253. The molecule has 1 N–H and O–H groups in total. The Labute approximate surface area is 201 Å². The number of rotatable bonds is 8. The lowest BCUT2D eigenvalue weighted by Crippen LogP contribution is -2.58. The zero-order chi connectivity index (χ0) is 26.4. The molecule has 0 saturated carbocycles. The number of amidine groups is 1. The fourth-order valence-electron chi connectivity index (χ4n) is 2.38. The number of ether oxygens (including phenoxy) is 5. The Morgan fingerprint density at radius 3 is 1.63 bits per heavy atom. The Kier molecular flexibility index (Phi) is 12.1. The quantitative estimate of drug-likeness (QED) is 0.186. The molecule has 35 heavy (non-hydrogen) atoms. The molecule has 0 aliphatic heterocycles. The van der Waals surface area contributed by atoms with Crippen molar-refractivity contribution in [2.24, 2.45) is 5.10 Å². The van der Waals surface area contributed by atoms with Crippen LogP contribution in [0.3, 0.4) is 0 Å². The summed E-state index contributed by atoms with van der Waals surface area (Å²) in [6.07, 6.45) is -5.18. The summed E-state index contributed by atoms with van der Waals surface area (Å²) in [6, 6.07) is 5.58. The van der Waals surface area contributed by atoms with Crippen molar-refractivity contribution in [2.75, 3.05) is 33.5 Å². The number of carbonyl (C=O) groups excluding carboxylic acids is 5. The second kappa shape index (κ2) is 14.7. The maximum atomic E-state index is 13.4. The van der Waals surface area contributed by atoms with Crippen LogP contribution in [0.5, 0.6) is 5.75 Å². The number of benzene rings is 1. The highest BCUT2D eigenvalue weighted by atomic mass is 16.6. The molecule has 0 spiro atoms. The molecule has 0 saturated heterocycles. The molecule has 0 radical (unpaired) electrons. The number of hydrazone groups is 1. The van der Waals surface area contributed by atoms with Crippen molar-refractivity contribution in [2.45, 2.75) is 27.7 Å². The first kappa shape index (κ1) is 28.7. The van der Waals surface area contributed by atoms with Crippen LogP contribution < -0.4 is 10.2 Å². The van der Waals surface area contributed by atoms with Gasteiger partial charge in [-0.25, -0.2) is 24.6 Å². The van der Waals surface area contributed by atoms with E-state index in [0.717, 1.165) is 0 Å². The summed E-state index contributed by atoms with van der Waals surface area (Å²) in [5.74, 6) is -1.47. The molecular formula is C21H28N4O10. The van der Waals surface area contributed by atoms with Gasteiger partial charge in [0.25, 0.3) is 0 Å². The van der Waals surface area contributed by atoms with Crippen molar-refractivity contribution in [3.05, 3.63) is 29.8 Å². The molecule has 0 heterocycles. The predicted octanol–water partition coefficient (Wildman–Crippen LogP) is 2.93. The van der Waals surface area contributed by atoms with Gasteiger partial charge in [-0.2, -0.15) is 0 Å². The number of methoxy groups -OCH3 is 1. The summed E-state index contributed by atoms with van der Waals surface area (Å²) in [6.45, 7) is 5.28. The van der Waals surface area contributed by atoms with E-state index in [1.165, 1.54) is 59.1 Å². The second-order valence-corrected chi connectivity index (χ2v) is 6.05. The zero-order valence-corrected chi connectivity index (χ0v) is 20.1. The lowest BCUT2D eigenvalue weighted by molar-refractivity contribution is 0.0118. The molecule has 0 atom stereocenters. The van der Waals surface area contributed by atoms with Gasteiger partial charge in [0.1, 0.15) is 5.75 Å². The summed E-state index contributed by atoms with van der Waals surface area (Å²) in [5.41, 5.74) is 1.89. The monoisotopic (exact) mass is 496 g/mol. The van der Waals surface area contributed by atoms with Gasteiger partial charge < -0.3 is 23.7 Å². The van der Waals surface area contributed by atoms with Gasteiger partial charge in [0.15, 0.2) is 0 Å². The van der Waals surface area contributed by atoms with Crippen molar-refractivity contribution < 1.29 is 47.7 Å². The molecule has 14 nitrogen and oxygen atoms in total. The van der Waals surface area contributed by atoms with Gasteiger partial charge in [0.2, 0.25) is 11.6 Å². The SMILES string of the molecule is CCOC(=O)N/N=C(\C(=O)c1ccc(OC)cc1)N(C(=O)OCC)N(C(=O)OCC)C(=O)OCC. The Balaban J connectivity index is 3.72. The van der Waals surface area contributed by atoms with Crippen LogP contribution in [0.4, 0.5) is 19.2 Å². The molecule has 1 rings (SSSR count). The van der Waals surface area contributed by atoms with E-state index < -0.39 is 36.0 Å². The topological polar surface area (TPSA) is 162 Å². The van der Waals surface area contributed by atoms with Crippen molar-refractivity contribution in [1.82, 2.24) is 15.4 Å². The Hall–Kier alpha value is -4.36. The van der Waals surface area contributed by atoms with Crippen LogP contribution in [-0.2, 0) is 18.9 Å². The molecule has 0 aliphatic rings. The molecule has 1 aromatic rings. The Morgan fingerprint density at radius 1 is 0.743 bits per heavy atom. The van der Waals surface area contributed by atoms with Crippen LogP contribution in [-0.4, -0.2) is 79.5 Å². The molecular weight excluding hydrogens is 468 g/mol. The minimum atomic E-state index is -1.37. The summed E-state index contributed by atoms with van der Waals surface area (Å²) in [7, 11) is 1.42. The van der Waals surface area contributed by atoms with E-state index in [2.05, 4.69) is 5.10 Å². The highest BCUT2D eigenvalue weighted by Gasteiger charge is 2.42. The normalized spacial score (nSPS) is 10.5. The number of carbonyl (C=O) groups is 5. The number of hydrogen-bond donors (Lipinski definition) is 1. The summed E-state index contributed by atoms with van der Waals surface area (Å²) in [4.78, 5) is 63.4. The van der Waals surface area contributed by atoms with E-state index in [1.54, 1.807) is 0 Å². The molecule has 0 unspecified atom stereocenters. The lowest BCUT2D eigenvalue weighted by atomic mass is 10.1. The molecule has 0 fully saturated rings. The summed E-state index contributed by atoms with van der Waals surface area (Å²) < 4.78 is 24.4. The molecule has 0 bridgehead atoms. The Morgan fingerprint density at radius 2 is 1.20 bits per heavy atom.